The van der Waals surface area contributed by atoms with Crippen molar-refractivity contribution in [2.45, 2.75) is 74.6 Å². The van der Waals surface area contributed by atoms with Gasteiger partial charge in [0.25, 0.3) is 0 Å². The van der Waals surface area contributed by atoms with Gasteiger partial charge in [-0.25, -0.2) is 0 Å². The third kappa shape index (κ3) is 3.66. The zero-order chi connectivity index (χ0) is 12.1. The molecule has 0 aromatic carbocycles. The molecule has 96 valence electrons. The molecular weight excluding hydrogens is 337 g/mol. The van der Waals surface area contributed by atoms with E-state index in [2.05, 4.69) is 18.8 Å². The first kappa shape index (κ1) is 14.3. The van der Waals surface area contributed by atoms with E-state index in [1.807, 2.05) is 4.37 Å². The van der Waals surface area contributed by atoms with Gasteiger partial charge in [0.2, 0.25) is 0 Å². The standard InChI is InChI=1S/C14H25BSe2/c1-3-16-11-14(17-4-2)15-12-7-5-8-13(15)10-6-9-12/h11-13H,3-10H2,1-2H3/b14-11-. The Bertz CT molecular complexity index is 243. The van der Waals surface area contributed by atoms with Gasteiger partial charge in [-0.2, -0.15) is 0 Å². The zero-order valence-electron chi connectivity index (χ0n) is 11.3. The summed E-state index contributed by atoms with van der Waals surface area (Å²) >= 11 is 1.60. The van der Waals surface area contributed by atoms with Gasteiger partial charge in [-0.15, -0.1) is 0 Å². The quantitative estimate of drug-likeness (QED) is 0.642. The van der Waals surface area contributed by atoms with Crippen LogP contribution in [0, 0.1) is 0 Å². The van der Waals surface area contributed by atoms with Crippen LogP contribution < -0.4 is 0 Å². The summed E-state index contributed by atoms with van der Waals surface area (Å²) in [6.07, 6.45) is 9.21. The summed E-state index contributed by atoms with van der Waals surface area (Å²) in [5.74, 6) is 2.16. The van der Waals surface area contributed by atoms with E-state index < -0.39 is 0 Å². The summed E-state index contributed by atoms with van der Waals surface area (Å²) in [5, 5.41) is 2.80. The van der Waals surface area contributed by atoms with Crippen molar-refractivity contribution in [1.82, 2.24) is 0 Å². The van der Waals surface area contributed by atoms with Crippen molar-refractivity contribution >= 4 is 36.6 Å². The molecule has 0 aromatic heterocycles. The zero-order valence-corrected chi connectivity index (χ0v) is 14.7. The Kier molecular flexibility index (Phi) is 6.24. The summed E-state index contributed by atoms with van der Waals surface area (Å²) in [5.41, 5.74) is 0. The van der Waals surface area contributed by atoms with Crippen LogP contribution in [0.25, 0.3) is 0 Å². The van der Waals surface area contributed by atoms with E-state index in [9.17, 15) is 0 Å². The second-order valence-corrected chi connectivity index (χ2v) is 10.5. The van der Waals surface area contributed by atoms with E-state index in [1.165, 1.54) is 49.2 Å². The molecule has 0 amide bonds. The Hall–Kier alpha value is 0.844. The molecule has 2 heterocycles. The Morgan fingerprint density at radius 1 is 1.06 bits per heavy atom. The molecule has 0 N–H and O–H groups in total. The van der Waals surface area contributed by atoms with Crippen LogP contribution in [-0.2, 0) is 0 Å². The molecule has 2 bridgehead atoms. The van der Waals surface area contributed by atoms with Crippen molar-refractivity contribution in [3.63, 3.8) is 0 Å². The van der Waals surface area contributed by atoms with Crippen LogP contribution in [0.5, 0.6) is 0 Å². The molecule has 0 unspecified atom stereocenters. The summed E-state index contributed by atoms with van der Waals surface area (Å²) in [4.78, 5) is 2.71. The predicted molar refractivity (Wildman–Crippen MR) is 81.5 cm³/mol. The molecule has 2 aliphatic rings. The van der Waals surface area contributed by atoms with Gasteiger partial charge in [-0.3, -0.25) is 0 Å². The van der Waals surface area contributed by atoms with E-state index in [-0.39, 0.29) is 0 Å². The number of rotatable bonds is 5. The van der Waals surface area contributed by atoms with Crippen LogP contribution >= 0.6 is 0 Å². The van der Waals surface area contributed by atoms with Crippen molar-refractivity contribution in [3.8, 4) is 0 Å². The van der Waals surface area contributed by atoms with Crippen molar-refractivity contribution in [1.29, 1.82) is 0 Å². The van der Waals surface area contributed by atoms with Crippen LogP contribution in [0.15, 0.2) is 9.35 Å². The van der Waals surface area contributed by atoms with E-state index in [0.29, 0.717) is 0 Å². The number of hydrogen-bond acceptors (Lipinski definition) is 0. The number of fused-ring (bicyclic) bond motifs is 2. The maximum atomic E-state index is 2.71. The minimum atomic E-state index is 0.790. The minimum absolute atomic E-state index is 0.790. The fraction of sp³-hybridized carbons (Fsp3) is 0.857. The van der Waals surface area contributed by atoms with Gasteiger partial charge >= 0.3 is 121 Å². The first-order valence-electron chi connectivity index (χ1n) is 7.31. The van der Waals surface area contributed by atoms with Crippen molar-refractivity contribution in [2.24, 2.45) is 0 Å². The molecule has 0 aliphatic carbocycles. The van der Waals surface area contributed by atoms with Crippen molar-refractivity contribution < 1.29 is 0 Å². The molecular formula is C14H25BSe2. The van der Waals surface area contributed by atoms with E-state index in [4.69, 9.17) is 0 Å². The van der Waals surface area contributed by atoms with Gasteiger partial charge in [0.15, 0.2) is 0 Å². The Morgan fingerprint density at radius 3 is 2.12 bits per heavy atom. The summed E-state index contributed by atoms with van der Waals surface area (Å²) in [6, 6.07) is 0. The van der Waals surface area contributed by atoms with Crippen LogP contribution in [-0.4, -0.2) is 36.6 Å². The topological polar surface area (TPSA) is 0 Å². The Labute approximate surface area is 120 Å². The van der Waals surface area contributed by atoms with Gasteiger partial charge in [-0.1, -0.05) is 0 Å². The maximum absolute atomic E-state index is 2.71. The van der Waals surface area contributed by atoms with Crippen LogP contribution in [0.3, 0.4) is 0 Å². The average Bonchev–Trinajstić information content (AvgIpc) is 2.33. The summed E-state index contributed by atoms with van der Waals surface area (Å²) in [6.45, 7) is 5.76. The van der Waals surface area contributed by atoms with E-state index >= 15 is 0 Å². The van der Waals surface area contributed by atoms with Gasteiger partial charge in [0, 0.05) is 0 Å². The molecule has 3 heteroatoms. The molecule has 2 fully saturated rings. The third-order valence-electron chi connectivity index (χ3n) is 4.32. The van der Waals surface area contributed by atoms with Gasteiger partial charge in [-0.05, 0) is 0 Å². The van der Waals surface area contributed by atoms with Crippen LogP contribution in [0.2, 0.25) is 22.3 Å². The normalized spacial score (nSPS) is 29.5. The number of hydrogen-bond donors (Lipinski definition) is 0. The second-order valence-electron chi connectivity index (χ2n) is 5.32. The molecule has 0 atom stereocenters. The predicted octanol–water partition coefficient (Wildman–Crippen LogP) is 4.25. The molecule has 0 nitrogen and oxygen atoms in total. The molecule has 17 heavy (non-hydrogen) atoms. The molecule has 2 rings (SSSR count). The van der Waals surface area contributed by atoms with Gasteiger partial charge < -0.3 is 0 Å². The average molecular weight is 362 g/mol. The Balaban J connectivity index is 2.10. The van der Waals surface area contributed by atoms with Crippen molar-refractivity contribution in [2.75, 3.05) is 0 Å². The molecule has 0 aromatic rings. The summed E-state index contributed by atoms with van der Waals surface area (Å²) < 4.78 is 1.94. The fourth-order valence-corrected chi connectivity index (χ4v) is 8.24. The van der Waals surface area contributed by atoms with E-state index in [1.54, 1.807) is 0 Å². The fourth-order valence-electron chi connectivity index (χ4n) is 3.68. The van der Waals surface area contributed by atoms with Crippen LogP contribution in [0.1, 0.15) is 52.4 Å². The first-order valence-corrected chi connectivity index (χ1v) is 11.6. The van der Waals surface area contributed by atoms with Gasteiger partial charge in [0.1, 0.15) is 0 Å². The van der Waals surface area contributed by atoms with Crippen LogP contribution in [0.4, 0.5) is 0 Å². The molecule has 0 saturated carbocycles. The molecule has 0 radical (unpaired) electrons. The summed E-state index contributed by atoms with van der Waals surface area (Å²) in [7, 11) is 0. The second kappa shape index (κ2) is 7.44. The monoisotopic (exact) mass is 364 g/mol. The van der Waals surface area contributed by atoms with Gasteiger partial charge in [0.05, 0.1) is 0 Å². The molecule has 2 saturated heterocycles. The van der Waals surface area contributed by atoms with E-state index in [0.717, 1.165) is 48.3 Å². The third-order valence-corrected chi connectivity index (χ3v) is 8.78. The molecule has 0 spiro atoms. The Morgan fingerprint density at radius 2 is 1.65 bits per heavy atom. The first-order chi connectivity index (χ1) is 8.36. The van der Waals surface area contributed by atoms with Crippen molar-refractivity contribution in [3.05, 3.63) is 9.35 Å². The SMILES string of the molecule is CC[Se]/C=C(\[Se]CC)B1C2CCCC1CCC2. The molecule has 2 aliphatic heterocycles.